The summed E-state index contributed by atoms with van der Waals surface area (Å²) < 4.78 is 38.6. The summed E-state index contributed by atoms with van der Waals surface area (Å²) in [4.78, 5) is 11.6. The molecule has 0 spiro atoms. The summed E-state index contributed by atoms with van der Waals surface area (Å²) in [6.45, 7) is 11.5. The van der Waals surface area contributed by atoms with Gasteiger partial charge in [0.2, 0.25) is 16.0 Å². The Hall–Kier alpha value is -2.83. The third kappa shape index (κ3) is 7.46. The van der Waals surface area contributed by atoms with Crippen LogP contribution in [0.4, 0.5) is 17.5 Å². The third-order valence-electron chi connectivity index (χ3n) is 7.67. The lowest BCUT2D eigenvalue weighted by Crippen LogP contribution is -2.40. The van der Waals surface area contributed by atoms with Crippen LogP contribution in [0, 0.1) is 6.92 Å². The zero-order chi connectivity index (χ0) is 28.2. The first kappa shape index (κ1) is 28.7. The first-order chi connectivity index (χ1) is 19.2. The van der Waals surface area contributed by atoms with Gasteiger partial charge in [-0.1, -0.05) is 30.4 Å². The number of aryl methyl sites for hydroxylation is 1. The monoisotopic (exact) mass is 568 g/mol. The number of hydrogen-bond acceptors (Lipinski definition) is 9. The van der Waals surface area contributed by atoms with Gasteiger partial charge in [-0.15, -0.1) is 0 Å². The van der Waals surface area contributed by atoms with Crippen molar-refractivity contribution < 1.29 is 17.9 Å². The molecule has 2 fully saturated rings. The molecule has 1 aromatic carbocycles. The van der Waals surface area contributed by atoms with Gasteiger partial charge in [0, 0.05) is 43.6 Å². The zero-order valence-electron chi connectivity index (χ0n) is 23.5. The predicted molar refractivity (Wildman–Crippen MR) is 157 cm³/mol. The second-order valence-electron chi connectivity index (χ2n) is 10.9. The first-order valence-corrected chi connectivity index (χ1v) is 15.5. The second kappa shape index (κ2) is 12.4. The molecule has 2 atom stereocenters. The lowest BCUT2D eigenvalue weighted by Gasteiger charge is -2.34. The van der Waals surface area contributed by atoms with Crippen LogP contribution in [0.1, 0.15) is 37.8 Å². The number of benzene rings is 1. The zero-order valence-corrected chi connectivity index (χ0v) is 24.3. The lowest BCUT2D eigenvalue weighted by molar-refractivity contribution is -0.00844. The highest BCUT2D eigenvalue weighted by atomic mass is 32.2. The van der Waals surface area contributed by atoms with Crippen molar-refractivity contribution in [1.82, 2.24) is 19.6 Å². The van der Waals surface area contributed by atoms with E-state index in [4.69, 9.17) is 14.5 Å². The molecule has 1 saturated carbocycles. The lowest BCUT2D eigenvalue weighted by atomic mass is 9.89. The highest BCUT2D eigenvalue weighted by Crippen LogP contribution is 2.29. The van der Waals surface area contributed by atoms with E-state index >= 15 is 0 Å². The second-order valence-corrected chi connectivity index (χ2v) is 12.9. The molecule has 1 saturated heterocycles. The minimum absolute atomic E-state index is 0.0508. The van der Waals surface area contributed by atoms with Crippen molar-refractivity contribution in [3.05, 3.63) is 65.4 Å². The Kier molecular flexibility index (Phi) is 8.86. The van der Waals surface area contributed by atoms with Gasteiger partial charge < -0.3 is 20.1 Å². The minimum Gasteiger partial charge on any atom is -0.379 e. The minimum atomic E-state index is -3.20. The molecule has 2 heterocycles. The van der Waals surface area contributed by atoms with Gasteiger partial charge in [0.1, 0.15) is 11.4 Å². The highest BCUT2D eigenvalue weighted by molar-refractivity contribution is 7.90. The van der Waals surface area contributed by atoms with E-state index in [0.29, 0.717) is 24.9 Å². The van der Waals surface area contributed by atoms with Gasteiger partial charge >= 0.3 is 0 Å². The average molecular weight is 569 g/mol. The molecule has 0 radical (unpaired) electrons. The van der Waals surface area contributed by atoms with Gasteiger partial charge in [0.15, 0.2) is 0 Å². The molecule has 2 aliphatic carbocycles. The fraction of sp³-hybridized carbons (Fsp3) is 0.517. The number of ether oxygens (including phenoxy) is 2. The van der Waals surface area contributed by atoms with Crippen LogP contribution in [-0.2, 0) is 26.0 Å². The number of rotatable bonds is 12. The van der Waals surface area contributed by atoms with E-state index < -0.39 is 15.6 Å². The standard InChI is InChI=1S/C29H40N6O4S/c1-21-19-30-28(33-25-10-11-29(3,22(2)18-25)39-17-14-35-12-15-38-16-13-35)34-27(21)32-24-6-4-23(5-7-24)20-31-40(36,37)26-8-9-26/h4-7,10-11,18-19,25-26,31H,8-9,12-17,20H2,1-3H3,(H2,30,32,33,34). The van der Waals surface area contributed by atoms with Crippen LogP contribution in [0.2, 0.25) is 0 Å². The van der Waals surface area contributed by atoms with Crippen LogP contribution in [0.15, 0.2) is 54.3 Å². The smallest absolute Gasteiger partial charge is 0.225 e. The van der Waals surface area contributed by atoms with E-state index in [0.717, 1.165) is 68.1 Å². The maximum Gasteiger partial charge on any atom is 0.225 e. The average Bonchev–Trinajstić information content (AvgIpc) is 3.80. The van der Waals surface area contributed by atoms with E-state index in [1.54, 1.807) is 6.20 Å². The van der Waals surface area contributed by atoms with E-state index in [2.05, 4.69) is 57.3 Å². The van der Waals surface area contributed by atoms with Crippen molar-refractivity contribution in [3.63, 3.8) is 0 Å². The number of nitrogens with zero attached hydrogens (tertiary/aromatic N) is 3. The van der Waals surface area contributed by atoms with E-state index in [9.17, 15) is 8.42 Å². The van der Waals surface area contributed by atoms with E-state index in [1.807, 2.05) is 31.2 Å². The number of hydrogen-bond donors (Lipinski definition) is 3. The normalized spacial score (nSPS) is 23.6. The molecular weight excluding hydrogens is 528 g/mol. The molecule has 3 aliphatic rings. The summed E-state index contributed by atoms with van der Waals surface area (Å²) in [5.74, 6) is 1.23. The molecule has 1 aliphatic heterocycles. The topological polar surface area (TPSA) is 118 Å². The molecule has 11 heteroatoms. The van der Waals surface area contributed by atoms with Crippen molar-refractivity contribution in [2.45, 2.75) is 57.1 Å². The number of anilines is 3. The molecule has 0 bridgehead atoms. The number of nitrogens with one attached hydrogen (secondary N) is 3. The Balaban J connectivity index is 1.14. The quantitative estimate of drug-likeness (QED) is 0.331. The summed E-state index contributed by atoms with van der Waals surface area (Å²) in [6, 6.07) is 7.61. The van der Waals surface area contributed by atoms with Crippen LogP contribution in [0.3, 0.4) is 0 Å². The van der Waals surface area contributed by atoms with E-state index in [1.165, 1.54) is 0 Å². The van der Waals surface area contributed by atoms with E-state index in [-0.39, 0.29) is 11.3 Å². The van der Waals surface area contributed by atoms with Crippen LogP contribution in [-0.4, -0.2) is 79.6 Å². The summed E-state index contributed by atoms with van der Waals surface area (Å²) >= 11 is 0. The summed E-state index contributed by atoms with van der Waals surface area (Å²) in [6.07, 6.45) is 9.66. The molecule has 1 aromatic heterocycles. The largest absolute Gasteiger partial charge is 0.379 e. The van der Waals surface area contributed by atoms with Gasteiger partial charge in [0.05, 0.1) is 31.1 Å². The molecule has 3 N–H and O–H groups in total. The first-order valence-electron chi connectivity index (χ1n) is 14.0. The molecule has 216 valence electrons. The molecular formula is C29H40N6O4S. The Bertz CT molecular complexity index is 1340. The predicted octanol–water partition coefficient (Wildman–Crippen LogP) is 3.51. The fourth-order valence-electron chi connectivity index (χ4n) is 4.68. The van der Waals surface area contributed by atoms with Crippen molar-refractivity contribution in [2.75, 3.05) is 50.1 Å². The summed E-state index contributed by atoms with van der Waals surface area (Å²) in [7, 11) is -3.20. The SMILES string of the molecule is CC1=CC(Nc2ncc(C)c(Nc3ccc(CNS(=O)(=O)C4CC4)cc3)n2)C=CC1(C)OCCN1CCOCC1. The van der Waals surface area contributed by atoms with Crippen molar-refractivity contribution in [1.29, 1.82) is 0 Å². The fourth-order valence-corrected chi connectivity index (χ4v) is 6.04. The Morgan fingerprint density at radius 3 is 2.60 bits per heavy atom. The highest BCUT2D eigenvalue weighted by Gasteiger charge is 2.35. The van der Waals surface area contributed by atoms with Gasteiger partial charge in [-0.05, 0) is 56.9 Å². The van der Waals surface area contributed by atoms with Crippen molar-refractivity contribution in [3.8, 4) is 0 Å². The van der Waals surface area contributed by atoms with Crippen molar-refractivity contribution >= 4 is 27.5 Å². The maximum absolute atomic E-state index is 12.1. The van der Waals surface area contributed by atoms with Crippen molar-refractivity contribution in [2.24, 2.45) is 0 Å². The van der Waals surface area contributed by atoms with Gasteiger partial charge in [-0.2, -0.15) is 4.98 Å². The number of morpholine rings is 1. The Morgan fingerprint density at radius 1 is 1.15 bits per heavy atom. The molecule has 5 rings (SSSR count). The van der Waals surface area contributed by atoms with Gasteiger partial charge in [-0.25, -0.2) is 18.1 Å². The molecule has 2 aromatic rings. The molecule has 2 unspecified atom stereocenters. The van der Waals surface area contributed by atoms with Crippen LogP contribution in [0.5, 0.6) is 0 Å². The van der Waals surface area contributed by atoms with Gasteiger partial charge in [-0.3, -0.25) is 4.90 Å². The molecule has 40 heavy (non-hydrogen) atoms. The summed E-state index contributed by atoms with van der Waals surface area (Å²) in [5.41, 5.74) is 3.38. The number of sulfonamides is 1. The molecule has 10 nitrogen and oxygen atoms in total. The Labute approximate surface area is 237 Å². The summed E-state index contributed by atoms with van der Waals surface area (Å²) in [5, 5.41) is 6.53. The molecule has 0 amide bonds. The van der Waals surface area contributed by atoms with Crippen LogP contribution >= 0.6 is 0 Å². The van der Waals surface area contributed by atoms with Crippen LogP contribution in [0.25, 0.3) is 0 Å². The Morgan fingerprint density at radius 2 is 1.90 bits per heavy atom. The maximum atomic E-state index is 12.1. The third-order valence-corrected chi connectivity index (χ3v) is 9.57. The van der Waals surface area contributed by atoms with Gasteiger partial charge in [0.25, 0.3) is 0 Å². The van der Waals surface area contributed by atoms with Crippen LogP contribution < -0.4 is 15.4 Å². The number of aromatic nitrogens is 2.